The van der Waals surface area contributed by atoms with E-state index in [0.717, 1.165) is 19.3 Å². The molecule has 6 nitrogen and oxygen atoms in total. The predicted octanol–water partition coefficient (Wildman–Crippen LogP) is 2.40. The van der Waals surface area contributed by atoms with Crippen molar-refractivity contribution >= 4 is 17.7 Å². The third-order valence-electron chi connectivity index (χ3n) is 4.01. The van der Waals surface area contributed by atoms with Crippen LogP contribution in [0.2, 0.25) is 0 Å². The van der Waals surface area contributed by atoms with Gasteiger partial charge in [-0.25, -0.2) is 4.79 Å². The molecule has 0 bridgehead atoms. The van der Waals surface area contributed by atoms with Gasteiger partial charge in [-0.3, -0.25) is 14.7 Å². The number of pyridine rings is 1. The number of rotatable bonds is 4. The summed E-state index contributed by atoms with van der Waals surface area (Å²) in [7, 11) is 1.66. The van der Waals surface area contributed by atoms with E-state index in [1.54, 1.807) is 31.6 Å². The minimum Gasteiger partial charge on any atom is -0.481 e. The van der Waals surface area contributed by atoms with Crippen molar-refractivity contribution in [2.75, 3.05) is 11.9 Å². The van der Waals surface area contributed by atoms with Gasteiger partial charge in [0.15, 0.2) is 0 Å². The SMILES string of the molecule is CN(C(=O)NC1(CC(=O)O)CCCCC1)c1cccnc1. The van der Waals surface area contributed by atoms with E-state index < -0.39 is 11.5 Å². The Morgan fingerprint density at radius 2 is 2.10 bits per heavy atom. The van der Waals surface area contributed by atoms with Crippen LogP contribution in [0, 0.1) is 0 Å². The molecule has 1 aromatic rings. The second-order valence-corrected chi connectivity index (χ2v) is 5.61. The molecule has 0 spiro atoms. The van der Waals surface area contributed by atoms with E-state index in [1.807, 2.05) is 0 Å². The lowest BCUT2D eigenvalue weighted by Crippen LogP contribution is -2.54. The van der Waals surface area contributed by atoms with Crippen LogP contribution in [0.3, 0.4) is 0 Å². The first-order valence-electron chi connectivity index (χ1n) is 7.20. The average molecular weight is 291 g/mol. The number of nitrogens with one attached hydrogen (secondary N) is 1. The number of carboxylic acids is 1. The van der Waals surface area contributed by atoms with E-state index in [0.29, 0.717) is 18.5 Å². The van der Waals surface area contributed by atoms with E-state index >= 15 is 0 Å². The maximum atomic E-state index is 12.4. The number of nitrogens with zero attached hydrogens (tertiary/aromatic N) is 2. The van der Waals surface area contributed by atoms with Crippen LogP contribution in [0.15, 0.2) is 24.5 Å². The summed E-state index contributed by atoms with van der Waals surface area (Å²) in [5, 5.41) is 12.1. The lowest BCUT2D eigenvalue weighted by Gasteiger charge is -2.38. The van der Waals surface area contributed by atoms with Crippen molar-refractivity contribution in [2.45, 2.75) is 44.1 Å². The fourth-order valence-corrected chi connectivity index (χ4v) is 2.84. The maximum absolute atomic E-state index is 12.4. The Bertz CT molecular complexity index is 498. The van der Waals surface area contributed by atoms with Gasteiger partial charge < -0.3 is 10.4 Å². The van der Waals surface area contributed by atoms with Crippen molar-refractivity contribution < 1.29 is 14.7 Å². The fraction of sp³-hybridized carbons (Fsp3) is 0.533. The molecule has 0 atom stereocenters. The van der Waals surface area contributed by atoms with Crippen molar-refractivity contribution in [3.63, 3.8) is 0 Å². The first-order valence-corrected chi connectivity index (χ1v) is 7.20. The first kappa shape index (κ1) is 15.3. The highest BCUT2D eigenvalue weighted by molar-refractivity contribution is 5.92. The molecule has 1 aliphatic carbocycles. The molecule has 2 rings (SSSR count). The second-order valence-electron chi connectivity index (χ2n) is 5.61. The minimum absolute atomic E-state index is 0.0282. The van der Waals surface area contributed by atoms with Gasteiger partial charge in [0.2, 0.25) is 0 Å². The summed E-state index contributed by atoms with van der Waals surface area (Å²) < 4.78 is 0. The van der Waals surface area contributed by atoms with Gasteiger partial charge in [-0.1, -0.05) is 19.3 Å². The van der Waals surface area contributed by atoms with Gasteiger partial charge in [-0.05, 0) is 25.0 Å². The zero-order valence-electron chi connectivity index (χ0n) is 12.2. The smallest absolute Gasteiger partial charge is 0.322 e. The van der Waals surface area contributed by atoms with Gasteiger partial charge in [0, 0.05) is 13.2 Å². The molecule has 0 saturated heterocycles. The number of aromatic nitrogens is 1. The van der Waals surface area contributed by atoms with Crippen LogP contribution in [-0.4, -0.2) is 34.7 Å². The monoisotopic (exact) mass is 291 g/mol. The highest BCUT2D eigenvalue weighted by Crippen LogP contribution is 2.31. The summed E-state index contributed by atoms with van der Waals surface area (Å²) >= 11 is 0. The lowest BCUT2D eigenvalue weighted by molar-refractivity contribution is -0.139. The van der Waals surface area contributed by atoms with Gasteiger partial charge >= 0.3 is 12.0 Å². The zero-order chi connectivity index (χ0) is 15.3. The van der Waals surface area contributed by atoms with E-state index in [1.165, 1.54) is 4.90 Å². The predicted molar refractivity (Wildman–Crippen MR) is 79.2 cm³/mol. The molecule has 0 aliphatic heterocycles. The van der Waals surface area contributed by atoms with Gasteiger partial charge in [0.1, 0.15) is 0 Å². The Labute approximate surface area is 124 Å². The van der Waals surface area contributed by atoms with Crippen LogP contribution in [0.1, 0.15) is 38.5 Å². The molecule has 21 heavy (non-hydrogen) atoms. The number of carbonyl (C=O) groups excluding carboxylic acids is 1. The van der Waals surface area contributed by atoms with Gasteiger partial charge in [-0.15, -0.1) is 0 Å². The summed E-state index contributed by atoms with van der Waals surface area (Å²) in [5.74, 6) is -0.874. The number of anilines is 1. The largest absolute Gasteiger partial charge is 0.481 e. The normalized spacial score (nSPS) is 17.0. The zero-order valence-corrected chi connectivity index (χ0v) is 12.2. The molecule has 1 fully saturated rings. The molecule has 114 valence electrons. The number of carboxylic acid groups (broad SMARTS) is 1. The molecule has 2 amide bonds. The van der Waals surface area contributed by atoms with Crippen molar-refractivity contribution in [3.05, 3.63) is 24.5 Å². The van der Waals surface area contributed by atoms with Crippen LogP contribution in [0.4, 0.5) is 10.5 Å². The number of carbonyl (C=O) groups is 2. The summed E-state index contributed by atoms with van der Waals surface area (Å²) in [6.45, 7) is 0. The molecule has 0 unspecified atom stereocenters. The fourth-order valence-electron chi connectivity index (χ4n) is 2.84. The number of urea groups is 1. The molecule has 2 N–H and O–H groups in total. The standard InChI is InChI=1S/C15H21N3O3/c1-18(12-6-5-9-16-11-12)14(21)17-15(10-13(19)20)7-3-2-4-8-15/h5-6,9,11H,2-4,7-8,10H2,1H3,(H,17,21)(H,19,20). The molecule has 1 saturated carbocycles. The van der Waals surface area contributed by atoms with Crippen molar-refractivity contribution in [2.24, 2.45) is 0 Å². The molecule has 6 heteroatoms. The van der Waals surface area contributed by atoms with E-state index in [9.17, 15) is 9.59 Å². The van der Waals surface area contributed by atoms with Crippen LogP contribution in [-0.2, 0) is 4.79 Å². The van der Waals surface area contributed by atoms with E-state index in [4.69, 9.17) is 5.11 Å². The molecule has 1 aromatic heterocycles. The average Bonchev–Trinajstić information content (AvgIpc) is 2.47. The van der Waals surface area contributed by atoms with Crippen LogP contribution < -0.4 is 10.2 Å². The summed E-state index contributed by atoms with van der Waals surface area (Å²) in [6, 6.07) is 3.26. The van der Waals surface area contributed by atoms with Crippen molar-refractivity contribution in [1.82, 2.24) is 10.3 Å². The van der Waals surface area contributed by atoms with Crippen molar-refractivity contribution in [1.29, 1.82) is 0 Å². The van der Waals surface area contributed by atoms with Crippen molar-refractivity contribution in [3.8, 4) is 0 Å². The third kappa shape index (κ3) is 3.93. The summed E-state index contributed by atoms with van der Waals surface area (Å²) in [5.41, 5.74) is 0.0498. The molecular weight excluding hydrogens is 270 g/mol. The topological polar surface area (TPSA) is 82.5 Å². The first-order chi connectivity index (χ1) is 10.0. The van der Waals surface area contributed by atoms with Crippen LogP contribution in [0.5, 0.6) is 0 Å². The Kier molecular flexibility index (Phi) is 4.77. The summed E-state index contributed by atoms with van der Waals surface area (Å²) in [4.78, 5) is 29.0. The van der Waals surface area contributed by atoms with Gasteiger partial charge in [0.05, 0.1) is 23.8 Å². The maximum Gasteiger partial charge on any atom is 0.322 e. The quantitative estimate of drug-likeness (QED) is 0.892. The number of hydrogen-bond acceptors (Lipinski definition) is 3. The second kappa shape index (κ2) is 6.56. The number of hydrogen-bond donors (Lipinski definition) is 2. The minimum atomic E-state index is -0.874. The summed E-state index contributed by atoms with van der Waals surface area (Å²) in [6.07, 6.45) is 7.63. The third-order valence-corrected chi connectivity index (χ3v) is 4.01. The molecule has 1 heterocycles. The molecule has 1 aliphatic rings. The van der Waals surface area contributed by atoms with E-state index in [-0.39, 0.29) is 12.5 Å². The highest BCUT2D eigenvalue weighted by Gasteiger charge is 2.36. The highest BCUT2D eigenvalue weighted by atomic mass is 16.4. The van der Waals surface area contributed by atoms with Crippen LogP contribution in [0.25, 0.3) is 0 Å². The molecule has 0 aromatic carbocycles. The Morgan fingerprint density at radius 1 is 1.38 bits per heavy atom. The Morgan fingerprint density at radius 3 is 2.67 bits per heavy atom. The molecule has 0 radical (unpaired) electrons. The number of amides is 2. The molecular formula is C15H21N3O3. The Hall–Kier alpha value is -2.11. The van der Waals surface area contributed by atoms with Gasteiger partial charge in [0.25, 0.3) is 0 Å². The lowest BCUT2D eigenvalue weighted by atomic mass is 9.79. The van der Waals surface area contributed by atoms with E-state index in [2.05, 4.69) is 10.3 Å². The Balaban J connectivity index is 2.09. The van der Waals surface area contributed by atoms with Gasteiger partial charge in [-0.2, -0.15) is 0 Å². The number of aliphatic carboxylic acids is 1. The van der Waals surface area contributed by atoms with Crippen LogP contribution >= 0.6 is 0 Å².